The second-order valence-corrected chi connectivity index (χ2v) is 5.49. The molecule has 2 N–H and O–H groups in total. The minimum Gasteiger partial charge on any atom is -0.346 e. The largest absolute Gasteiger partial charge is 0.346 e. The molecule has 1 fully saturated rings. The Hall–Kier alpha value is -1.39. The molecule has 0 aliphatic carbocycles. The highest BCUT2D eigenvalue weighted by molar-refractivity contribution is 5.79. The van der Waals surface area contributed by atoms with Crippen LogP contribution in [0.3, 0.4) is 0 Å². The summed E-state index contributed by atoms with van der Waals surface area (Å²) >= 11 is 0. The summed E-state index contributed by atoms with van der Waals surface area (Å²) in [5.41, 5.74) is 2.37. The van der Waals surface area contributed by atoms with Crippen LogP contribution in [-0.2, 0) is 6.54 Å². The fourth-order valence-electron chi connectivity index (χ4n) is 3.02. The Kier molecular flexibility index (Phi) is 3.80. The quantitative estimate of drug-likeness (QED) is 0.881. The normalized spacial score (nSPS) is 18.2. The SMILES string of the molecule is CNCC1CCN(Cc2c[nH]c3ncccc23)CC1. The van der Waals surface area contributed by atoms with Gasteiger partial charge in [0, 0.05) is 24.3 Å². The summed E-state index contributed by atoms with van der Waals surface area (Å²) in [4.78, 5) is 10.2. The third-order valence-electron chi connectivity index (χ3n) is 4.13. The molecule has 1 saturated heterocycles. The molecule has 0 bridgehead atoms. The predicted molar refractivity (Wildman–Crippen MR) is 78.0 cm³/mol. The number of piperidine rings is 1. The molecule has 2 aromatic heterocycles. The Morgan fingerprint density at radius 1 is 1.42 bits per heavy atom. The zero-order valence-electron chi connectivity index (χ0n) is 11.5. The van der Waals surface area contributed by atoms with E-state index in [4.69, 9.17) is 0 Å². The van der Waals surface area contributed by atoms with E-state index >= 15 is 0 Å². The molecule has 19 heavy (non-hydrogen) atoms. The number of hydrogen-bond acceptors (Lipinski definition) is 3. The van der Waals surface area contributed by atoms with Crippen LogP contribution < -0.4 is 5.32 Å². The highest BCUT2D eigenvalue weighted by Crippen LogP contribution is 2.21. The van der Waals surface area contributed by atoms with E-state index in [1.54, 1.807) is 0 Å². The van der Waals surface area contributed by atoms with Gasteiger partial charge in [-0.25, -0.2) is 4.98 Å². The molecule has 0 amide bonds. The first-order chi connectivity index (χ1) is 9.36. The zero-order valence-corrected chi connectivity index (χ0v) is 11.5. The molecule has 102 valence electrons. The van der Waals surface area contributed by atoms with Crippen molar-refractivity contribution in [3.05, 3.63) is 30.1 Å². The first-order valence-electron chi connectivity index (χ1n) is 7.15. The number of H-pyrrole nitrogens is 1. The number of nitrogens with zero attached hydrogens (tertiary/aromatic N) is 2. The van der Waals surface area contributed by atoms with Crippen molar-refractivity contribution in [2.24, 2.45) is 5.92 Å². The van der Waals surface area contributed by atoms with Gasteiger partial charge < -0.3 is 10.3 Å². The van der Waals surface area contributed by atoms with Gasteiger partial charge in [-0.3, -0.25) is 4.90 Å². The highest BCUT2D eigenvalue weighted by atomic mass is 15.1. The van der Waals surface area contributed by atoms with Crippen molar-refractivity contribution < 1.29 is 0 Å². The molecule has 1 aliphatic heterocycles. The van der Waals surface area contributed by atoms with Gasteiger partial charge in [0.15, 0.2) is 0 Å². The number of rotatable bonds is 4. The van der Waals surface area contributed by atoms with Crippen LogP contribution in [0.15, 0.2) is 24.5 Å². The molecule has 3 heterocycles. The number of aromatic nitrogens is 2. The van der Waals surface area contributed by atoms with Crippen molar-refractivity contribution >= 4 is 11.0 Å². The Bertz CT molecular complexity index is 526. The maximum Gasteiger partial charge on any atom is 0.137 e. The van der Waals surface area contributed by atoms with Gasteiger partial charge in [0.1, 0.15) is 5.65 Å². The fourth-order valence-corrected chi connectivity index (χ4v) is 3.02. The lowest BCUT2D eigenvalue weighted by atomic mass is 9.96. The van der Waals surface area contributed by atoms with E-state index in [9.17, 15) is 0 Å². The van der Waals surface area contributed by atoms with Gasteiger partial charge in [-0.15, -0.1) is 0 Å². The zero-order chi connectivity index (χ0) is 13.1. The van der Waals surface area contributed by atoms with E-state index in [1.165, 1.54) is 36.9 Å². The average molecular weight is 258 g/mol. The molecule has 2 aromatic rings. The first-order valence-corrected chi connectivity index (χ1v) is 7.15. The summed E-state index contributed by atoms with van der Waals surface area (Å²) in [6, 6.07) is 4.17. The van der Waals surface area contributed by atoms with Gasteiger partial charge >= 0.3 is 0 Å². The predicted octanol–water partition coefficient (Wildman–Crippen LogP) is 1.99. The van der Waals surface area contributed by atoms with Crippen molar-refractivity contribution in [3.8, 4) is 0 Å². The Labute approximate surface area is 114 Å². The Morgan fingerprint density at radius 3 is 3.05 bits per heavy atom. The Morgan fingerprint density at radius 2 is 2.26 bits per heavy atom. The molecule has 4 heteroatoms. The molecule has 1 aliphatic rings. The summed E-state index contributed by atoms with van der Waals surface area (Å²) in [6.45, 7) is 4.61. The van der Waals surface area contributed by atoms with Crippen LogP contribution in [0.4, 0.5) is 0 Å². The van der Waals surface area contributed by atoms with Crippen LogP contribution in [0.1, 0.15) is 18.4 Å². The monoisotopic (exact) mass is 258 g/mol. The topological polar surface area (TPSA) is 44.0 Å². The maximum atomic E-state index is 4.35. The number of nitrogens with one attached hydrogen (secondary N) is 2. The molecular formula is C15H22N4. The number of fused-ring (bicyclic) bond motifs is 1. The van der Waals surface area contributed by atoms with Gasteiger partial charge in [0.2, 0.25) is 0 Å². The molecule has 0 saturated carbocycles. The van der Waals surface area contributed by atoms with Gasteiger partial charge in [-0.2, -0.15) is 0 Å². The van der Waals surface area contributed by atoms with Crippen LogP contribution >= 0.6 is 0 Å². The molecule has 0 unspecified atom stereocenters. The summed E-state index contributed by atoms with van der Waals surface area (Å²) in [7, 11) is 2.05. The summed E-state index contributed by atoms with van der Waals surface area (Å²) in [6.07, 6.45) is 6.56. The summed E-state index contributed by atoms with van der Waals surface area (Å²) in [5.74, 6) is 0.853. The summed E-state index contributed by atoms with van der Waals surface area (Å²) in [5, 5.41) is 4.55. The lowest BCUT2D eigenvalue weighted by molar-refractivity contribution is 0.177. The molecule has 4 nitrogen and oxygen atoms in total. The van der Waals surface area contributed by atoms with Crippen molar-refractivity contribution in [2.75, 3.05) is 26.7 Å². The average Bonchev–Trinajstić information content (AvgIpc) is 2.85. The molecule has 0 radical (unpaired) electrons. The number of hydrogen-bond donors (Lipinski definition) is 2. The van der Waals surface area contributed by atoms with Crippen LogP contribution in [0, 0.1) is 5.92 Å². The van der Waals surface area contributed by atoms with E-state index in [2.05, 4.69) is 32.4 Å². The van der Waals surface area contributed by atoms with Crippen molar-refractivity contribution in [2.45, 2.75) is 19.4 Å². The van der Waals surface area contributed by atoms with Gasteiger partial charge in [0.05, 0.1) is 0 Å². The number of likely N-dealkylation sites (tertiary alicyclic amines) is 1. The second kappa shape index (κ2) is 5.72. The Balaban J connectivity index is 1.63. The minimum atomic E-state index is 0.853. The smallest absolute Gasteiger partial charge is 0.137 e. The lowest BCUT2D eigenvalue weighted by Gasteiger charge is -2.31. The first kappa shape index (κ1) is 12.6. The van der Waals surface area contributed by atoms with Crippen LogP contribution in [0.25, 0.3) is 11.0 Å². The van der Waals surface area contributed by atoms with Crippen molar-refractivity contribution in [1.82, 2.24) is 20.2 Å². The van der Waals surface area contributed by atoms with E-state index in [0.29, 0.717) is 0 Å². The standard InChI is InChI=1S/C15H22N4/c1-16-9-12-4-7-19(8-5-12)11-13-10-18-15-14(13)3-2-6-17-15/h2-3,6,10,12,16H,4-5,7-9,11H2,1H3,(H,17,18). The van der Waals surface area contributed by atoms with E-state index in [-0.39, 0.29) is 0 Å². The maximum absolute atomic E-state index is 4.35. The number of pyridine rings is 1. The minimum absolute atomic E-state index is 0.853. The third-order valence-corrected chi connectivity index (χ3v) is 4.13. The number of aromatic amines is 1. The van der Waals surface area contributed by atoms with Gasteiger partial charge in [-0.1, -0.05) is 0 Å². The fraction of sp³-hybridized carbons (Fsp3) is 0.533. The molecule has 0 atom stereocenters. The van der Waals surface area contributed by atoms with Gasteiger partial charge in [-0.05, 0) is 63.1 Å². The van der Waals surface area contributed by atoms with Crippen molar-refractivity contribution in [3.63, 3.8) is 0 Å². The van der Waals surface area contributed by atoms with Crippen molar-refractivity contribution in [1.29, 1.82) is 0 Å². The van der Waals surface area contributed by atoms with Crippen LogP contribution in [0.5, 0.6) is 0 Å². The lowest BCUT2D eigenvalue weighted by Crippen LogP contribution is -2.36. The molecular weight excluding hydrogens is 236 g/mol. The van der Waals surface area contributed by atoms with E-state index in [0.717, 1.165) is 24.7 Å². The van der Waals surface area contributed by atoms with Crippen LogP contribution in [-0.4, -0.2) is 41.5 Å². The highest BCUT2D eigenvalue weighted by Gasteiger charge is 2.19. The summed E-state index contributed by atoms with van der Waals surface area (Å²) < 4.78 is 0. The third kappa shape index (κ3) is 2.80. The second-order valence-electron chi connectivity index (χ2n) is 5.49. The van der Waals surface area contributed by atoms with E-state index in [1.807, 2.05) is 19.3 Å². The van der Waals surface area contributed by atoms with Crippen LogP contribution in [0.2, 0.25) is 0 Å². The van der Waals surface area contributed by atoms with E-state index < -0.39 is 0 Å². The van der Waals surface area contributed by atoms with Gasteiger partial charge in [0.25, 0.3) is 0 Å². The molecule has 0 aromatic carbocycles. The molecule has 0 spiro atoms. The molecule has 3 rings (SSSR count).